The lowest BCUT2D eigenvalue weighted by Gasteiger charge is -2.45. The smallest absolute Gasteiger partial charge is 0.256 e. The molecule has 2 bridgehead atoms. The second kappa shape index (κ2) is 13.6. The second-order valence-electron chi connectivity index (χ2n) is 14.5. The number of nitrogens with zero attached hydrogens (tertiary/aromatic N) is 4. The largest absolute Gasteiger partial charge is 0.338 e. The van der Waals surface area contributed by atoms with Gasteiger partial charge in [-0.3, -0.25) is 9.69 Å². The molecule has 11 heteroatoms. The Balaban J connectivity index is 1.07. The van der Waals surface area contributed by atoms with E-state index in [9.17, 15) is 13.2 Å². The molecule has 0 aliphatic carbocycles. The summed E-state index contributed by atoms with van der Waals surface area (Å²) in [6.45, 7) is 7.69. The lowest BCUT2D eigenvalue weighted by molar-refractivity contribution is 0.0607. The van der Waals surface area contributed by atoms with E-state index in [0.29, 0.717) is 31.2 Å². The Bertz CT molecular complexity index is 1940. The van der Waals surface area contributed by atoms with Crippen molar-refractivity contribution in [3.63, 3.8) is 0 Å². The molecule has 7 rings (SSSR count). The molecule has 3 aliphatic rings. The topological polar surface area (TPSA) is 87.5 Å². The maximum Gasteiger partial charge on any atom is 0.256 e. The molecule has 0 saturated carbocycles. The van der Waals surface area contributed by atoms with Crippen molar-refractivity contribution in [2.24, 2.45) is 0 Å². The average molecular weight is 723 g/mol. The van der Waals surface area contributed by atoms with E-state index in [1.807, 2.05) is 0 Å². The van der Waals surface area contributed by atoms with E-state index in [4.69, 9.17) is 28.2 Å². The number of nitrogens with one attached hydrogen (secondary N) is 1. The van der Waals surface area contributed by atoms with Crippen molar-refractivity contribution in [2.75, 3.05) is 19.6 Å². The van der Waals surface area contributed by atoms with E-state index in [2.05, 4.69) is 75.7 Å². The van der Waals surface area contributed by atoms with Gasteiger partial charge in [0.1, 0.15) is 10.7 Å². The number of halogens is 2. The standard InChI is InChI=1S/C38H45Cl2N5O3S/c1-25(2)42-49(47,48)34-16-15-31(39)35(36(34)40)37(46)43-20-17-38(18-21-43,27-9-5-4-6-10-27)19-22-44-28-13-14-29(44)24-30(23-28)45-26(3)41-32-11-7-8-12-33(32)45/h4-12,15-16,25,28-30,42H,13-14,17-24H2,1-3H3. The van der Waals surface area contributed by atoms with E-state index < -0.39 is 10.0 Å². The highest BCUT2D eigenvalue weighted by Crippen LogP contribution is 2.45. The molecule has 8 nitrogen and oxygen atoms in total. The predicted molar refractivity (Wildman–Crippen MR) is 196 cm³/mol. The van der Waals surface area contributed by atoms with Gasteiger partial charge < -0.3 is 9.47 Å². The van der Waals surface area contributed by atoms with Gasteiger partial charge in [0, 0.05) is 37.3 Å². The summed E-state index contributed by atoms with van der Waals surface area (Å²) < 4.78 is 31.0. The minimum atomic E-state index is -3.92. The number of imidazole rings is 1. The van der Waals surface area contributed by atoms with Crippen LogP contribution in [0.25, 0.3) is 11.0 Å². The van der Waals surface area contributed by atoms with Crippen molar-refractivity contribution in [2.45, 2.75) is 100 Å². The number of carbonyl (C=O) groups is 1. The quantitative estimate of drug-likeness (QED) is 0.191. The molecule has 1 aromatic heterocycles. The Hall–Kier alpha value is -2.95. The number of rotatable bonds is 9. The first-order valence-corrected chi connectivity index (χ1v) is 19.8. The Morgan fingerprint density at radius 1 is 0.939 bits per heavy atom. The second-order valence-corrected chi connectivity index (χ2v) is 16.9. The molecule has 3 aliphatic heterocycles. The fraction of sp³-hybridized carbons (Fsp3) is 0.474. The van der Waals surface area contributed by atoms with Crippen LogP contribution in [0.1, 0.15) is 86.6 Å². The number of likely N-dealkylation sites (tertiary alicyclic amines) is 1. The summed E-state index contributed by atoms with van der Waals surface area (Å²) in [4.78, 5) is 23.2. The van der Waals surface area contributed by atoms with Crippen molar-refractivity contribution in [1.82, 2.24) is 24.1 Å². The lowest BCUT2D eigenvalue weighted by atomic mass is 9.70. The fourth-order valence-corrected chi connectivity index (χ4v) is 11.0. The maximum atomic E-state index is 14.0. The Morgan fingerprint density at radius 3 is 2.27 bits per heavy atom. The summed E-state index contributed by atoms with van der Waals surface area (Å²) in [5.74, 6) is 0.771. The molecule has 2 unspecified atom stereocenters. The van der Waals surface area contributed by atoms with Gasteiger partial charge in [-0.25, -0.2) is 18.1 Å². The first-order chi connectivity index (χ1) is 23.5. The number of hydrogen-bond acceptors (Lipinski definition) is 5. The molecule has 4 heterocycles. The summed E-state index contributed by atoms with van der Waals surface area (Å²) >= 11 is 13.2. The van der Waals surface area contributed by atoms with Crippen LogP contribution < -0.4 is 4.72 Å². The summed E-state index contributed by atoms with van der Waals surface area (Å²) in [6.07, 6.45) is 7.36. The maximum absolute atomic E-state index is 14.0. The number of fused-ring (bicyclic) bond motifs is 3. The number of benzene rings is 3. The number of para-hydroxylation sites is 2. The third-order valence-corrected chi connectivity index (χ3v) is 13.7. The van der Waals surface area contributed by atoms with Gasteiger partial charge in [0.2, 0.25) is 10.0 Å². The molecule has 4 aromatic rings. The molecule has 2 atom stereocenters. The van der Waals surface area contributed by atoms with Crippen molar-refractivity contribution >= 4 is 50.2 Å². The van der Waals surface area contributed by atoms with Crippen molar-refractivity contribution in [3.05, 3.63) is 93.7 Å². The van der Waals surface area contributed by atoms with Crippen LogP contribution in [0.2, 0.25) is 10.0 Å². The van der Waals surface area contributed by atoms with Gasteiger partial charge in [-0.2, -0.15) is 0 Å². The van der Waals surface area contributed by atoms with E-state index in [0.717, 1.165) is 50.0 Å². The van der Waals surface area contributed by atoms with Crippen molar-refractivity contribution < 1.29 is 13.2 Å². The monoisotopic (exact) mass is 721 g/mol. The van der Waals surface area contributed by atoms with Gasteiger partial charge in [0.15, 0.2) is 0 Å². The Kier molecular flexibility index (Phi) is 9.60. The summed E-state index contributed by atoms with van der Waals surface area (Å²) in [5.41, 5.74) is 3.60. The number of amides is 1. The van der Waals surface area contributed by atoms with Crippen LogP contribution in [-0.4, -0.2) is 71.4 Å². The summed E-state index contributed by atoms with van der Waals surface area (Å²) in [7, 11) is -3.92. The van der Waals surface area contributed by atoms with Crippen LogP contribution in [0.3, 0.4) is 0 Å². The normalized spacial score (nSPS) is 22.7. The predicted octanol–water partition coefficient (Wildman–Crippen LogP) is 7.77. The lowest BCUT2D eigenvalue weighted by Crippen LogP contribution is -2.49. The number of hydrogen-bond donors (Lipinski definition) is 1. The number of aryl methyl sites for hydroxylation is 1. The number of aromatic nitrogens is 2. The highest BCUT2D eigenvalue weighted by molar-refractivity contribution is 7.89. The van der Waals surface area contributed by atoms with Crippen molar-refractivity contribution in [1.29, 1.82) is 0 Å². The molecule has 0 radical (unpaired) electrons. The van der Waals surface area contributed by atoms with Crippen LogP contribution in [0.4, 0.5) is 0 Å². The third kappa shape index (κ3) is 6.53. The highest BCUT2D eigenvalue weighted by atomic mass is 35.5. The van der Waals surface area contributed by atoms with Crippen LogP contribution >= 0.6 is 23.2 Å². The van der Waals surface area contributed by atoms with Crippen LogP contribution in [0, 0.1) is 6.92 Å². The molecule has 49 heavy (non-hydrogen) atoms. The zero-order valence-corrected chi connectivity index (χ0v) is 30.7. The van der Waals surface area contributed by atoms with Crippen LogP contribution in [-0.2, 0) is 15.4 Å². The van der Waals surface area contributed by atoms with Gasteiger partial charge in [-0.15, -0.1) is 0 Å². The van der Waals surface area contributed by atoms with Gasteiger partial charge in [0.05, 0.1) is 26.6 Å². The van der Waals surface area contributed by atoms with Crippen LogP contribution in [0.15, 0.2) is 71.6 Å². The molecule has 3 fully saturated rings. The highest BCUT2D eigenvalue weighted by Gasteiger charge is 2.44. The molecule has 3 aromatic carbocycles. The summed E-state index contributed by atoms with van der Waals surface area (Å²) in [5, 5.41) is 0.0134. The third-order valence-electron chi connectivity index (χ3n) is 11.2. The van der Waals surface area contributed by atoms with Gasteiger partial charge in [-0.05, 0) is 108 Å². The fourth-order valence-electron chi connectivity index (χ4n) is 8.87. The molecule has 260 valence electrons. The average Bonchev–Trinajstić information content (AvgIpc) is 3.53. The summed E-state index contributed by atoms with van der Waals surface area (Å²) in [6, 6.07) is 23.3. The zero-order valence-electron chi connectivity index (χ0n) is 28.4. The Morgan fingerprint density at radius 2 is 1.59 bits per heavy atom. The van der Waals surface area contributed by atoms with Gasteiger partial charge >= 0.3 is 0 Å². The van der Waals surface area contributed by atoms with Gasteiger partial charge in [-0.1, -0.05) is 65.7 Å². The number of piperidine rings is 2. The Labute approximate surface area is 299 Å². The van der Waals surface area contributed by atoms with E-state index >= 15 is 0 Å². The molecule has 1 amide bonds. The first-order valence-electron chi connectivity index (χ1n) is 17.5. The number of sulfonamides is 1. The van der Waals surface area contributed by atoms with E-state index in [1.165, 1.54) is 36.1 Å². The van der Waals surface area contributed by atoms with E-state index in [-0.39, 0.29) is 37.9 Å². The van der Waals surface area contributed by atoms with E-state index in [1.54, 1.807) is 18.7 Å². The number of carbonyl (C=O) groups excluding carboxylic acids is 1. The van der Waals surface area contributed by atoms with Gasteiger partial charge in [0.25, 0.3) is 5.91 Å². The first kappa shape index (κ1) is 34.5. The molecule has 1 N–H and O–H groups in total. The molecular weight excluding hydrogens is 677 g/mol. The molecular formula is C38H45Cl2N5O3S. The molecule has 0 spiro atoms. The van der Waals surface area contributed by atoms with Crippen molar-refractivity contribution in [3.8, 4) is 0 Å². The zero-order chi connectivity index (χ0) is 34.5. The minimum Gasteiger partial charge on any atom is -0.338 e. The SMILES string of the molecule is Cc1nc2ccccc2n1C1CC2CCC(C1)N2CCC1(c2ccccc2)CCN(C(=O)c2c(Cl)ccc(S(=O)(=O)NC(C)C)c2Cl)CC1. The molecule has 3 saturated heterocycles. The minimum absolute atomic E-state index is 0.0440. The van der Waals surface area contributed by atoms with Crippen LogP contribution in [0.5, 0.6) is 0 Å².